The van der Waals surface area contributed by atoms with Gasteiger partial charge in [-0.25, -0.2) is 0 Å². The van der Waals surface area contributed by atoms with Crippen LogP contribution in [0.1, 0.15) is 23.0 Å². The second-order valence-corrected chi connectivity index (χ2v) is 4.43. The standard InChI is InChI=1S/C13H10ClF3O2/c14-12-5-4-11(19-12)10(18)7-8-2-1-3-9(6-8)13(15,16)17/h1-6,10,18H,7H2. The molecule has 0 saturated heterocycles. The molecule has 0 fully saturated rings. The van der Waals surface area contributed by atoms with Crippen LogP contribution in [0.25, 0.3) is 0 Å². The highest BCUT2D eigenvalue weighted by Crippen LogP contribution is 2.30. The zero-order chi connectivity index (χ0) is 14.0. The number of aliphatic hydroxyl groups excluding tert-OH is 1. The van der Waals surface area contributed by atoms with Crippen LogP contribution in [0.15, 0.2) is 40.8 Å². The molecule has 2 aromatic rings. The highest BCUT2D eigenvalue weighted by molar-refractivity contribution is 6.28. The van der Waals surface area contributed by atoms with Gasteiger partial charge in [-0.1, -0.05) is 18.2 Å². The van der Waals surface area contributed by atoms with Gasteiger partial charge < -0.3 is 9.52 Å². The topological polar surface area (TPSA) is 33.4 Å². The molecule has 0 aliphatic heterocycles. The van der Waals surface area contributed by atoms with Crippen LogP contribution in [0.2, 0.25) is 5.22 Å². The van der Waals surface area contributed by atoms with E-state index in [1.54, 1.807) is 0 Å². The molecular weight excluding hydrogens is 281 g/mol. The lowest BCUT2D eigenvalue weighted by Gasteiger charge is -2.11. The first kappa shape index (κ1) is 14.0. The van der Waals surface area contributed by atoms with Gasteiger partial charge in [0, 0.05) is 6.42 Å². The molecule has 1 N–H and O–H groups in total. The lowest BCUT2D eigenvalue weighted by molar-refractivity contribution is -0.137. The Labute approximate surface area is 112 Å². The van der Waals surface area contributed by atoms with Gasteiger partial charge in [0.2, 0.25) is 0 Å². The van der Waals surface area contributed by atoms with Gasteiger partial charge in [0.15, 0.2) is 5.22 Å². The van der Waals surface area contributed by atoms with Crippen molar-refractivity contribution in [2.75, 3.05) is 0 Å². The third-order valence-corrected chi connectivity index (χ3v) is 2.81. The third-order valence-electron chi connectivity index (χ3n) is 2.61. The molecule has 2 rings (SSSR count). The molecule has 102 valence electrons. The van der Waals surface area contributed by atoms with Gasteiger partial charge in [0.05, 0.1) is 5.56 Å². The summed E-state index contributed by atoms with van der Waals surface area (Å²) in [5.41, 5.74) is -0.371. The minimum Gasteiger partial charge on any atom is -0.447 e. The summed E-state index contributed by atoms with van der Waals surface area (Å²) in [6.07, 6.45) is -5.40. The molecule has 1 aromatic carbocycles. The molecule has 1 atom stereocenters. The Hall–Kier alpha value is -1.46. The average molecular weight is 291 g/mol. The van der Waals surface area contributed by atoms with E-state index in [0.717, 1.165) is 12.1 Å². The highest BCUT2D eigenvalue weighted by atomic mass is 35.5. The van der Waals surface area contributed by atoms with Crippen molar-refractivity contribution in [1.29, 1.82) is 0 Å². The van der Waals surface area contributed by atoms with Crippen molar-refractivity contribution in [2.24, 2.45) is 0 Å². The smallest absolute Gasteiger partial charge is 0.416 e. The van der Waals surface area contributed by atoms with Gasteiger partial charge in [-0.3, -0.25) is 0 Å². The number of benzene rings is 1. The summed E-state index contributed by atoms with van der Waals surface area (Å²) in [6.45, 7) is 0. The number of furan rings is 1. The Morgan fingerprint density at radius 3 is 2.53 bits per heavy atom. The largest absolute Gasteiger partial charge is 0.447 e. The maximum atomic E-state index is 12.5. The van der Waals surface area contributed by atoms with Crippen LogP contribution in [-0.2, 0) is 12.6 Å². The number of rotatable bonds is 3. The van der Waals surface area contributed by atoms with E-state index in [1.165, 1.54) is 24.3 Å². The van der Waals surface area contributed by atoms with Crippen LogP contribution in [0.5, 0.6) is 0 Å². The fourth-order valence-corrected chi connectivity index (χ4v) is 1.86. The summed E-state index contributed by atoms with van der Waals surface area (Å²) in [5, 5.41) is 9.97. The molecule has 6 heteroatoms. The Morgan fingerprint density at radius 1 is 1.21 bits per heavy atom. The predicted octanol–water partition coefficient (Wildman–Crippen LogP) is 4.23. The number of aliphatic hydroxyl groups is 1. The molecular formula is C13H10ClF3O2. The van der Waals surface area contributed by atoms with Gasteiger partial charge >= 0.3 is 6.18 Å². The van der Waals surface area contributed by atoms with Gasteiger partial charge in [-0.2, -0.15) is 13.2 Å². The normalized spacial score (nSPS) is 13.5. The van der Waals surface area contributed by atoms with Crippen molar-refractivity contribution >= 4 is 11.6 Å². The molecule has 0 aliphatic carbocycles. The van der Waals surface area contributed by atoms with Gasteiger partial charge in [0.1, 0.15) is 11.9 Å². The predicted molar refractivity (Wildman–Crippen MR) is 63.8 cm³/mol. The van der Waals surface area contributed by atoms with E-state index in [0.29, 0.717) is 5.56 Å². The summed E-state index contributed by atoms with van der Waals surface area (Å²) in [4.78, 5) is 0. The van der Waals surface area contributed by atoms with E-state index in [4.69, 9.17) is 16.0 Å². The first-order valence-electron chi connectivity index (χ1n) is 5.45. The van der Waals surface area contributed by atoms with Crippen LogP contribution in [0.4, 0.5) is 13.2 Å². The zero-order valence-corrected chi connectivity index (χ0v) is 10.4. The summed E-state index contributed by atoms with van der Waals surface area (Å²) < 4.78 is 42.6. The van der Waals surface area contributed by atoms with E-state index in [9.17, 15) is 18.3 Å². The van der Waals surface area contributed by atoms with Crippen molar-refractivity contribution in [3.05, 3.63) is 58.5 Å². The van der Waals surface area contributed by atoms with E-state index in [-0.39, 0.29) is 17.4 Å². The van der Waals surface area contributed by atoms with Crippen molar-refractivity contribution in [1.82, 2.24) is 0 Å². The van der Waals surface area contributed by atoms with Crippen molar-refractivity contribution in [2.45, 2.75) is 18.7 Å². The van der Waals surface area contributed by atoms with Crippen LogP contribution in [0.3, 0.4) is 0 Å². The molecule has 0 amide bonds. The van der Waals surface area contributed by atoms with Crippen molar-refractivity contribution in [3.8, 4) is 0 Å². The van der Waals surface area contributed by atoms with E-state index >= 15 is 0 Å². The molecule has 0 radical (unpaired) electrons. The van der Waals surface area contributed by atoms with Crippen LogP contribution < -0.4 is 0 Å². The Balaban J connectivity index is 2.15. The number of alkyl halides is 3. The SMILES string of the molecule is OC(Cc1cccc(C(F)(F)F)c1)c1ccc(Cl)o1. The summed E-state index contributed by atoms with van der Waals surface area (Å²) in [5.74, 6) is 0.224. The molecule has 19 heavy (non-hydrogen) atoms. The fraction of sp³-hybridized carbons (Fsp3) is 0.231. The molecule has 0 bridgehead atoms. The zero-order valence-electron chi connectivity index (χ0n) is 9.62. The summed E-state index contributed by atoms with van der Waals surface area (Å²) >= 11 is 5.57. The molecule has 0 saturated carbocycles. The molecule has 1 aromatic heterocycles. The molecule has 1 heterocycles. The Morgan fingerprint density at radius 2 is 1.95 bits per heavy atom. The lowest BCUT2D eigenvalue weighted by Crippen LogP contribution is -2.06. The van der Waals surface area contributed by atoms with Crippen LogP contribution >= 0.6 is 11.6 Å². The molecule has 1 unspecified atom stereocenters. The average Bonchev–Trinajstić information content (AvgIpc) is 2.75. The minimum absolute atomic E-state index is 0.0216. The Bertz CT molecular complexity index is 563. The second kappa shape index (κ2) is 5.27. The van der Waals surface area contributed by atoms with Crippen LogP contribution in [-0.4, -0.2) is 5.11 Å². The van der Waals surface area contributed by atoms with E-state index in [2.05, 4.69) is 0 Å². The third kappa shape index (κ3) is 3.52. The second-order valence-electron chi connectivity index (χ2n) is 4.06. The number of halogens is 4. The molecule has 0 spiro atoms. The Kier molecular flexibility index (Phi) is 3.87. The quantitative estimate of drug-likeness (QED) is 0.918. The van der Waals surface area contributed by atoms with E-state index < -0.39 is 17.8 Å². The van der Waals surface area contributed by atoms with E-state index in [1.807, 2.05) is 0 Å². The molecule has 0 aliphatic rings. The summed E-state index contributed by atoms with van der Waals surface area (Å²) in [7, 11) is 0. The molecule has 2 nitrogen and oxygen atoms in total. The first-order chi connectivity index (χ1) is 8.86. The highest BCUT2D eigenvalue weighted by Gasteiger charge is 2.30. The van der Waals surface area contributed by atoms with Gasteiger partial charge in [0.25, 0.3) is 0 Å². The number of hydrogen-bond donors (Lipinski definition) is 1. The van der Waals surface area contributed by atoms with Gasteiger partial charge in [-0.05, 0) is 35.4 Å². The number of hydrogen-bond acceptors (Lipinski definition) is 2. The van der Waals surface area contributed by atoms with Crippen LogP contribution in [0, 0.1) is 0 Å². The fourth-order valence-electron chi connectivity index (χ4n) is 1.71. The van der Waals surface area contributed by atoms with Crippen molar-refractivity contribution < 1.29 is 22.7 Å². The maximum absolute atomic E-state index is 12.5. The maximum Gasteiger partial charge on any atom is 0.416 e. The minimum atomic E-state index is -4.39. The van der Waals surface area contributed by atoms with Gasteiger partial charge in [-0.15, -0.1) is 0 Å². The van der Waals surface area contributed by atoms with Crippen molar-refractivity contribution in [3.63, 3.8) is 0 Å². The lowest BCUT2D eigenvalue weighted by atomic mass is 10.0. The first-order valence-corrected chi connectivity index (χ1v) is 5.83. The monoisotopic (exact) mass is 290 g/mol. The summed E-state index contributed by atoms with van der Waals surface area (Å²) in [6, 6.07) is 7.77.